The molecule has 0 aromatic heterocycles. The molecule has 3 unspecified atom stereocenters. The third-order valence-electron chi connectivity index (χ3n) is 6.83. The number of nitrogens with one attached hydrogen (secondary N) is 3. The first-order chi connectivity index (χ1) is 21.7. The molecule has 3 amide bonds. The van der Waals surface area contributed by atoms with Crippen molar-refractivity contribution in [2.45, 2.75) is 191 Å². The largest absolute Gasteiger partial charge is 0.369 e. The van der Waals surface area contributed by atoms with E-state index in [9.17, 15) is 14.4 Å². The van der Waals surface area contributed by atoms with E-state index in [1.54, 1.807) is 0 Å². The smallest absolute Gasteiger partial charge is 0.249 e. The standard InChI is InChI=1S/C14H27NO2.C13H27NO2.C12H23NO2/c1-5-17-12(10-11-8-6-7-9-11)13(16)15-14(2,3)4;1-8-16-10(9-12(2,3)4)11(15)14-13(5,6)7;1-7-15-10(8-9(2)3)11(14)13-12(4,5)6/h11-12H,5-10H2,1-4H3,(H,15,16);10H,8-9H2,1-7H3,(H,14,15);10H,2,7-8H2,1,3-6H3,(H,13,14). The predicted molar refractivity (Wildman–Crippen MR) is 200 cm³/mol. The fourth-order valence-corrected chi connectivity index (χ4v) is 5.08. The summed E-state index contributed by atoms with van der Waals surface area (Å²) in [6.07, 6.45) is 6.32. The van der Waals surface area contributed by atoms with Gasteiger partial charge in [-0.3, -0.25) is 14.4 Å². The van der Waals surface area contributed by atoms with E-state index in [0.29, 0.717) is 32.2 Å². The zero-order valence-corrected chi connectivity index (χ0v) is 34.0. The van der Waals surface area contributed by atoms with Crippen molar-refractivity contribution in [2.75, 3.05) is 19.8 Å². The van der Waals surface area contributed by atoms with E-state index in [4.69, 9.17) is 14.2 Å². The fourth-order valence-electron chi connectivity index (χ4n) is 5.08. The molecule has 284 valence electrons. The van der Waals surface area contributed by atoms with Gasteiger partial charge >= 0.3 is 0 Å². The third kappa shape index (κ3) is 27.9. The number of amides is 3. The second-order valence-electron chi connectivity index (χ2n) is 17.4. The lowest BCUT2D eigenvalue weighted by Gasteiger charge is -2.28. The number of carbonyl (C=O) groups is 3. The van der Waals surface area contributed by atoms with E-state index >= 15 is 0 Å². The Morgan fingerprint density at radius 1 is 0.625 bits per heavy atom. The topological polar surface area (TPSA) is 115 Å². The Kier molecular flexibility index (Phi) is 22.8. The molecule has 0 aromatic rings. The molecule has 1 rings (SSSR count). The van der Waals surface area contributed by atoms with Crippen LogP contribution in [0.15, 0.2) is 12.2 Å². The lowest BCUT2D eigenvalue weighted by atomic mass is 9.88. The molecule has 3 N–H and O–H groups in total. The van der Waals surface area contributed by atoms with Gasteiger partial charge in [0.25, 0.3) is 0 Å². The first kappa shape index (κ1) is 48.1. The Balaban J connectivity index is 0. The second-order valence-corrected chi connectivity index (χ2v) is 17.4. The van der Waals surface area contributed by atoms with E-state index < -0.39 is 6.10 Å². The normalized spacial score (nSPS) is 15.9. The van der Waals surface area contributed by atoms with Crippen molar-refractivity contribution in [3.63, 3.8) is 0 Å². The minimum Gasteiger partial charge on any atom is -0.369 e. The molecule has 0 saturated heterocycles. The highest BCUT2D eigenvalue weighted by Gasteiger charge is 2.29. The lowest BCUT2D eigenvalue weighted by molar-refractivity contribution is -0.136. The fraction of sp³-hybridized carbons (Fsp3) is 0.872. The number of rotatable bonds is 14. The maximum Gasteiger partial charge on any atom is 0.249 e. The summed E-state index contributed by atoms with van der Waals surface area (Å²) in [6, 6.07) is 0. The molecular formula is C39H77N3O6. The summed E-state index contributed by atoms with van der Waals surface area (Å²) in [5, 5.41) is 8.88. The molecule has 48 heavy (non-hydrogen) atoms. The number of hydrogen-bond acceptors (Lipinski definition) is 6. The van der Waals surface area contributed by atoms with Crippen molar-refractivity contribution in [1.82, 2.24) is 16.0 Å². The van der Waals surface area contributed by atoms with Crippen molar-refractivity contribution in [3.05, 3.63) is 12.2 Å². The maximum atomic E-state index is 12.1. The summed E-state index contributed by atoms with van der Waals surface area (Å²) in [4.78, 5) is 35.9. The van der Waals surface area contributed by atoms with Crippen LogP contribution in [0.25, 0.3) is 0 Å². The molecule has 9 nitrogen and oxygen atoms in total. The van der Waals surface area contributed by atoms with Gasteiger partial charge in [0.2, 0.25) is 17.7 Å². The van der Waals surface area contributed by atoms with Gasteiger partial charge in [-0.15, -0.1) is 6.58 Å². The quantitative estimate of drug-likeness (QED) is 0.160. The van der Waals surface area contributed by atoms with Crippen LogP contribution in [0, 0.1) is 11.3 Å². The molecule has 1 aliphatic rings. The van der Waals surface area contributed by atoms with Gasteiger partial charge < -0.3 is 30.2 Å². The van der Waals surface area contributed by atoms with Gasteiger partial charge in [-0.05, 0) is 114 Å². The van der Waals surface area contributed by atoms with Crippen LogP contribution < -0.4 is 16.0 Å². The van der Waals surface area contributed by atoms with Crippen LogP contribution in [0.1, 0.15) is 156 Å². The van der Waals surface area contributed by atoms with Gasteiger partial charge in [-0.1, -0.05) is 52.0 Å². The third-order valence-corrected chi connectivity index (χ3v) is 6.83. The van der Waals surface area contributed by atoms with Crippen LogP contribution in [-0.4, -0.2) is 72.5 Å². The van der Waals surface area contributed by atoms with Crippen molar-refractivity contribution >= 4 is 17.7 Å². The van der Waals surface area contributed by atoms with Gasteiger partial charge in [0.15, 0.2) is 0 Å². The Labute approximate surface area is 295 Å². The second kappa shape index (κ2) is 22.7. The highest BCUT2D eigenvalue weighted by atomic mass is 16.5. The SMILES string of the molecule is C=C(C)CC(OCC)C(=O)NC(C)(C)C.CCOC(CC(C)(C)C)C(=O)NC(C)(C)C.CCOC(CC1CCCC1)C(=O)NC(C)(C)C. The summed E-state index contributed by atoms with van der Waals surface area (Å²) in [5.74, 6) is 0.653. The van der Waals surface area contributed by atoms with Crippen molar-refractivity contribution in [1.29, 1.82) is 0 Å². The van der Waals surface area contributed by atoms with Crippen molar-refractivity contribution in [3.8, 4) is 0 Å². The van der Waals surface area contributed by atoms with Gasteiger partial charge in [0, 0.05) is 42.9 Å². The molecule has 9 heteroatoms. The van der Waals surface area contributed by atoms with E-state index in [-0.39, 0.29) is 52.0 Å². The molecule has 1 aliphatic carbocycles. The first-order valence-corrected chi connectivity index (χ1v) is 18.2. The molecule has 3 atom stereocenters. The molecule has 0 aliphatic heterocycles. The summed E-state index contributed by atoms with van der Waals surface area (Å²) >= 11 is 0. The Hall–Kier alpha value is -1.97. The Morgan fingerprint density at radius 2 is 0.958 bits per heavy atom. The van der Waals surface area contributed by atoms with Crippen LogP contribution in [0.3, 0.4) is 0 Å². The van der Waals surface area contributed by atoms with Gasteiger partial charge in [0.1, 0.15) is 18.3 Å². The molecule has 1 saturated carbocycles. The zero-order valence-electron chi connectivity index (χ0n) is 34.0. The number of hydrogen-bond donors (Lipinski definition) is 3. The minimum absolute atomic E-state index is 0.00993. The van der Waals surface area contributed by atoms with Crippen molar-refractivity contribution < 1.29 is 28.6 Å². The average molecular weight is 684 g/mol. The summed E-state index contributed by atoms with van der Waals surface area (Å²) in [5.41, 5.74) is 0.445. The van der Waals surface area contributed by atoms with Gasteiger partial charge in [0.05, 0.1) is 0 Å². The number of carbonyl (C=O) groups excluding carboxylic acids is 3. The summed E-state index contributed by atoms with van der Waals surface area (Å²) in [6.45, 7) is 37.3. The van der Waals surface area contributed by atoms with Crippen molar-refractivity contribution in [2.24, 2.45) is 11.3 Å². The van der Waals surface area contributed by atoms with Gasteiger partial charge in [-0.2, -0.15) is 0 Å². The van der Waals surface area contributed by atoms with Crippen LogP contribution in [0.2, 0.25) is 0 Å². The first-order valence-electron chi connectivity index (χ1n) is 18.2. The summed E-state index contributed by atoms with van der Waals surface area (Å²) in [7, 11) is 0. The molecule has 0 heterocycles. The Morgan fingerprint density at radius 3 is 1.29 bits per heavy atom. The molecule has 0 bridgehead atoms. The van der Waals surface area contributed by atoms with E-state index in [0.717, 1.165) is 18.4 Å². The lowest BCUT2D eigenvalue weighted by Crippen LogP contribution is -2.47. The predicted octanol–water partition coefficient (Wildman–Crippen LogP) is 7.90. The Bertz CT molecular complexity index is 931. The van der Waals surface area contributed by atoms with Gasteiger partial charge in [-0.25, -0.2) is 0 Å². The molecule has 1 fully saturated rings. The highest BCUT2D eigenvalue weighted by molar-refractivity contribution is 5.82. The van der Waals surface area contributed by atoms with Crippen LogP contribution in [0.4, 0.5) is 0 Å². The van der Waals surface area contributed by atoms with Crippen LogP contribution in [0.5, 0.6) is 0 Å². The van der Waals surface area contributed by atoms with Crippen LogP contribution >= 0.6 is 0 Å². The average Bonchev–Trinajstić information content (AvgIpc) is 3.38. The molecular weight excluding hydrogens is 606 g/mol. The van der Waals surface area contributed by atoms with E-state index in [1.165, 1.54) is 25.7 Å². The van der Waals surface area contributed by atoms with Crippen LogP contribution in [-0.2, 0) is 28.6 Å². The monoisotopic (exact) mass is 684 g/mol. The zero-order chi connectivity index (χ0) is 37.9. The minimum atomic E-state index is -0.410. The van der Waals surface area contributed by atoms with E-state index in [2.05, 4.69) is 43.3 Å². The number of ether oxygens (including phenoxy) is 3. The van der Waals surface area contributed by atoms with E-state index in [1.807, 2.05) is 90.0 Å². The summed E-state index contributed by atoms with van der Waals surface area (Å²) < 4.78 is 16.5. The maximum absolute atomic E-state index is 12.1. The molecule has 0 spiro atoms. The highest BCUT2D eigenvalue weighted by Crippen LogP contribution is 2.29. The molecule has 0 aromatic carbocycles. The molecule has 0 radical (unpaired) electrons.